The fraction of sp³-hybridized carbons (Fsp3) is 0.316. The van der Waals surface area contributed by atoms with E-state index < -0.39 is 39.4 Å². The second-order valence-electron chi connectivity index (χ2n) is 6.81. The Morgan fingerprint density at radius 1 is 1.32 bits per heavy atom. The van der Waals surface area contributed by atoms with Crippen molar-refractivity contribution in [2.24, 2.45) is 5.92 Å². The third-order valence-electron chi connectivity index (χ3n) is 4.29. The van der Waals surface area contributed by atoms with E-state index in [1.54, 1.807) is 0 Å². The normalized spacial score (nSPS) is 17.5. The summed E-state index contributed by atoms with van der Waals surface area (Å²) in [6.45, 7) is 0.984. The van der Waals surface area contributed by atoms with Gasteiger partial charge in [0.05, 0.1) is 29.1 Å². The van der Waals surface area contributed by atoms with Crippen molar-refractivity contribution in [1.82, 2.24) is 4.98 Å². The van der Waals surface area contributed by atoms with Crippen LogP contribution in [-0.4, -0.2) is 31.0 Å². The fourth-order valence-electron chi connectivity index (χ4n) is 2.91. The van der Waals surface area contributed by atoms with Gasteiger partial charge >= 0.3 is 12.1 Å². The van der Waals surface area contributed by atoms with Crippen LogP contribution >= 0.6 is 11.3 Å². The van der Waals surface area contributed by atoms with E-state index in [2.05, 4.69) is 4.98 Å². The van der Waals surface area contributed by atoms with E-state index in [-0.39, 0.29) is 29.6 Å². The topological polar surface area (TPSA) is 93.6 Å². The predicted octanol–water partition coefficient (Wildman–Crippen LogP) is 3.84. The Hall–Kier alpha value is -2.73. The van der Waals surface area contributed by atoms with Gasteiger partial charge in [0.2, 0.25) is 5.91 Å². The van der Waals surface area contributed by atoms with Crippen molar-refractivity contribution in [2.75, 3.05) is 10.7 Å². The molecule has 1 amide bonds. The lowest BCUT2D eigenvalue weighted by Crippen LogP contribution is -2.23. The average Bonchev–Trinajstić information content (AvgIpc) is 3.25. The minimum Gasteiger partial charge on any atom is -0.459 e. The second kappa shape index (κ2) is 8.79. The van der Waals surface area contributed by atoms with Gasteiger partial charge in [-0.15, -0.1) is 11.3 Å². The number of benzene rings is 1. The van der Waals surface area contributed by atoms with Gasteiger partial charge < -0.3 is 4.74 Å². The Bertz CT molecular complexity index is 1130. The maximum Gasteiger partial charge on any atom is 0.416 e. The SMILES string of the molecule is CC(=O)N(c1cccc(C(F)(F)F)c1)c1nc(COC(=O)CC2C=CS(=O)(=O)C2)cs1. The fourth-order valence-corrected chi connectivity index (χ4v) is 5.18. The number of thiazole rings is 1. The van der Waals surface area contributed by atoms with Crippen molar-refractivity contribution in [3.63, 3.8) is 0 Å². The number of halogens is 3. The molecule has 0 aliphatic carbocycles. The average molecular weight is 474 g/mol. The summed E-state index contributed by atoms with van der Waals surface area (Å²) in [5.41, 5.74) is -0.583. The molecule has 1 atom stereocenters. The van der Waals surface area contributed by atoms with Crippen LogP contribution in [0.15, 0.2) is 41.1 Å². The molecule has 2 heterocycles. The highest BCUT2D eigenvalue weighted by atomic mass is 32.2. The van der Waals surface area contributed by atoms with Crippen molar-refractivity contribution in [1.29, 1.82) is 0 Å². The van der Waals surface area contributed by atoms with E-state index >= 15 is 0 Å². The molecule has 3 rings (SSSR count). The molecule has 12 heteroatoms. The molecule has 0 saturated heterocycles. The van der Waals surface area contributed by atoms with Gasteiger partial charge in [0.15, 0.2) is 15.0 Å². The summed E-state index contributed by atoms with van der Waals surface area (Å²) in [4.78, 5) is 29.3. The second-order valence-corrected chi connectivity index (χ2v) is 9.57. The Morgan fingerprint density at radius 2 is 2.06 bits per heavy atom. The smallest absolute Gasteiger partial charge is 0.416 e. The van der Waals surface area contributed by atoms with Gasteiger partial charge in [-0.3, -0.25) is 14.5 Å². The number of sulfone groups is 1. The zero-order chi connectivity index (χ0) is 22.8. The standard InChI is InChI=1S/C19H17F3N2O5S2/c1-12(25)24(16-4-2-3-14(8-16)19(20,21)22)18-23-15(10-30-18)9-29-17(26)7-13-5-6-31(27,28)11-13/h2-6,8,10,13H,7,9,11H2,1H3. The van der Waals surface area contributed by atoms with Crippen LogP contribution in [0.4, 0.5) is 24.0 Å². The Morgan fingerprint density at radius 3 is 2.68 bits per heavy atom. The number of esters is 1. The Kier molecular flexibility index (Phi) is 6.51. The Labute approximate surface area is 180 Å². The van der Waals surface area contributed by atoms with Crippen LogP contribution in [0.5, 0.6) is 0 Å². The number of hydrogen-bond donors (Lipinski definition) is 0. The van der Waals surface area contributed by atoms with Crippen LogP contribution in [0.2, 0.25) is 0 Å². The highest BCUT2D eigenvalue weighted by Crippen LogP contribution is 2.35. The minimum atomic E-state index is -4.56. The van der Waals surface area contributed by atoms with Crippen LogP contribution in [0.1, 0.15) is 24.6 Å². The quantitative estimate of drug-likeness (QED) is 0.591. The number of anilines is 2. The van der Waals surface area contributed by atoms with Gasteiger partial charge in [-0.05, 0) is 18.2 Å². The lowest BCUT2D eigenvalue weighted by Gasteiger charge is -2.19. The van der Waals surface area contributed by atoms with E-state index in [4.69, 9.17) is 4.74 Å². The number of alkyl halides is 3. The summed E-state index contributed by atoms with van der Waals surface area (Å²) < 4.78 is 66.9. The molecule has 1 unspecified atom stereocenters. The van der Waals surface area contributed by atoms with Gasteiger partial charge in [-0.2, -0.15) is 13.2 Å². The first-order chi connectivity index (χ1) is 14.4. The highest BCUT2D eigenvalue weighted by Gasteiger charge is 2.31. The van der Waals surface area contributed by atoms with Gasteiger partial charge in [0, 0.05) is 23.6 Å². The zero-order valence-electron chi connectivity index (χ0n) is 16.1. The maximum atomic E-state index is 13.0. The summed E-state index contributed by atoms with van der Waals surface area (Å²) in [5, 5.41) is 2.72. The first-order valence-electron chi connectivity index (χ1n) is 8.93. The molecule has 1 aromatic carbocycles. The number of carbonyl (C=O) groups excluding carboxylic acids is 2. The molecular formula is C19H17F3N2O5S2. The van der Waals surface area contributed by atoms with Crippen LogP contribution in [0, 0.1) is 5.92 Å². The van der Waals surface area contributed by atoms with Crippen LogP contribution in [0.25, 0.3) is 0 Å². The molecule has 0 spiro atoms. The lowest BCUT2D eigenvalue weighted by atomic mass is 10.1. The number of nitrogens with zero attached hydrogens (tertiary/aromatic N) is 2. The molecular weight excluding hydrogens is 457 g/mol. The van der Waals surface area contributed by atoms with Gasteiger partial charge in [-0.1, -0.05) is 12.1 Å². The van der Waals surface area contributed by atoms with Crippen LogP contribution < -0.4 is 4.90 Å². The van der Waals surface area contributed by atoms with E-state index in [9.17, 15) is 31.2 Å². The van der Waals surface area contributed by atoms with E-state index in [0.717, 1.165) is 33.8 Å². The molecule has 31 heavy (non-hydrogen) atoms. The molecule has 166 valence electrons. The molecule has 7 nitrogen and oxygen atoms in total. The predicted molar refractivity (Wildman–Crippen MR) is 107 cm³/mol. The molecule has 0 saturated carbocycles. The molecule has 1 aliphatic rings. The number of aromatic nitrogens is 1. The van der Waals surface area contributed by atoms with Gasteiger partial charge in [-0.25, -0.2) is 13.4 Å². The molecule has 0 bridgehead atoms. The van der Waals surface area contributed by atoms with E-state index in [1.807, 2.05) is 0 Å². The van der Waals surface area contributed by atoms with Crippen LogP contribution in [0.3, 0.4) is 0 Å². The third kappa shape index (κ3) is 5.91. The van der Waals surface area contributed by atoms with Crippen molar-refractivity contribution < 1.29 is 35.9 Å². The number of allylic oxidation sites excluding steroid dienone is 1. The molecule has 2 aromatic rings. The molecule has 0 N–H and O–H groups in total. The zero-order valence-corrected chi connectivity index (χ0v) is 17.8. The van der Waals surface area contributed by atoms with E-state index in [0.29, 0.717) is 5.69 Å². The largest absolute Gasteiger partial charge is 0.459 e. The van der Waals surface area contributed by atoms with Gasteiger partial charge in [0.1, 0.15) is 6.61 Å². The summed E-state index contributed by atoms with van der Waals surface area (Å²) in [5.74, 6) is -1.74. The number of rotatable bonds is 6. The number of ether oxygens (including phenoxy) is 1. The number of hydrogen-bond acceptors (Lipinski definition) is 7. The summed E-state index contributed by atoms with van der Waals surface area (Å²) in [7, 11) is -3.27. The van der Waals surface area contributed by atoms with E-state index in [1.165, 1.54) is 30.5 Å². The van der Waals surface area contributed by atoms with Crippen LogP contribution in [-0.2, 0) is 36.9 Å². The summed E-state index contributed by atoms with van der Waals surface area (Å²) >= 11 is 1.01. The Balaban J connectivity index is 1.67. The maximum absolute atomic E-state index is 13.0. The first-order valence-corrected chi connectivity index (χ1v) is 11.5. The van der Waals surface area contributed by atoms with Crippen molar-refractivity contribution in [3.05, 3.63) is 52.4 Å². The molecule has 1 aromatic heterocycles. The first kappa shape index (κ1) is 22.9. The van der Waals surface area contributed by atoms with Gasteiger partial charge in [0.25, 0.3) is 0 Å². The molecule has 0 radical (unpaired) electrons. The monoisotopic (exact) mass is 474 g/mol. The summed E-state index contributed by atoms with van der Waals surface area (Å²) in [6.07, 6.45) is -3.22. The van der Waals surface area contributed by atoms with Crippen molar-refractivity contribution >= 4 is 43.9 Å². The third-order valence-corrected chi connectivity index (χ3v) is 6.63. The van der Waals surface area contributed by atoms with Crippen molar-refractivity contribution in [2.45, 2.75) is 26.1 Å². The minimum absolute atomic E-state index is 0.00875. The summed E-state index contributed by atoms with van der Waals surface area (Å²) in [6, 6.07) is 4.31. The lowest BCUT2D eigenvalue weighted by molar-refractivity contribution is -0.145. The number of amides is 1. The highest BCUT2D eigenvalue weighted by molar-refractivity contribution is 7.94. The molecule has 0 fully saturated rings. The van der Waals surface area contributed by atoms with Crippen molar-refractivity contribution in [3.8, 4) is 0 Å². The molecule has 1 aliphatic heterocycles. The number of carbonyl (C=O) groups is 2.